The van der Waals surface area contributed by atoms with E-state index in [1.807, 2.05) is 6.07 Å². The van der Waals surface area contributed by atoms with Gasteiger partial charge in [-0.05, 0) is 25.5 Å². The van der Waals surface area contributed by atoms with E-state index in [-0.39, 0.29) is 0 Å². The van der Waals surface area contributed by atoms with Crippen LogP contribution < -0.4 is 11.1 Å². The number of hydrogen-bond acceptors (Lipinski definition) is 4. The Morgan fingerprint density at radius 3 is 3.21 bits per heavy atom. The third-order valence-electron chi connectivity index (χ3n) is 2.62. The molecule has 4 heteroatoms. The predicted octanol–water partition coefficient (Wildman–Crippen LogP) is 0.402. The fraction of sp³-hybridized carbons (Fsp3) is 0.600. The van der Waals surface area contributed by atoms with Crippen molar-refractivity contribution in [3.8, 4) is 0 Å². The molecule has 0 bridgehead atoms. The van der Waals surface area contributed by atoms with Crippen LogP contribution in [-0.4, -0.2) is 23.1 Å². The van der Waals surface area contributed by atoms with Crippen LogP contribution in [0.25, 0.3) is 0 Å². The summed E-state index contributed by atoms with van der Waals surface area (Å²) in [7, 11) is 0. The highest BCUT2D eigenvalue weighted by molar-refractivity contribution is 5.10. The van der Waals surface area contributed by atoms with Crippen molar-refractivity contribution in [1.29, 1.82) is 0 Å². The van der Waals surface area contributed by atoms with Crippen LogP contribution in [0.15, 0.2) is 12.3 Å². The average molecular weight is 192 g/mol. The highest BCUT2D eigenvalue weighted by Crippen LogP contribution is 2.20. The number of hydrogen-bond donors (Lipinski definition) is 2. The molecule has 4 nitrogen and oxygen atoms in total. The zero-order valence-electron chi connectivity index (χ0n) is 8.24. The van der Waals surface area contributed by atoms with Crippen molar-refractivity contribution < 1.29 is 0 Å². The highest BCUT2D eigenvalue weighted by atomic mass is 14.9. The van der Waals surface area contributed by atoms with Crippen LogP contribution in [-0.2, 0) is 6.54 Å². The van der Waals surface area contributed by atoms with Crippen LogP contribution in [0, 0.1) is 0 Å². The van der Waals surface area contributed by atoms with Gasteiger partial charge in [0, 0.05) is 24.4 Å². The lowest BCUT2D eigenvalue weighted by molar-refractivity contribution is 0.453. The Bertz CT molecular complexity index is 294. The van der Waals surface area contributed by atoms with Gasteiger partial charge >= 0.3 is 0 Å². The Morgan fingerprint density at radius 1 is 1.57 bits per heavy atom. The molecule has 3 N–H and O–H groups in total. The number of piperidine rings is 1. The molecule has 0 radical (unpaired) electrons. The minimum atomic E-state index is 0.425. The molecule has 0 amide bonds. The van der Waals surface area contributed by atoms with Gasteiger partial charge in [-0.2, -0.15) is 0 Å². The van der Waals surface area contributed by atoms with Gasteiger partial charge in [0.25, 0.3) is 0 Å². The maximum absolute atomic E-state index is 5.51. The van der Waals surface area contributed by atoms with Gasteiger partial charge in [0.05, 0.1) is 6.54 Å². The molecule has 14 heavy (non-hydrogen) atoms. The summed E-state index contributed by atoms with van der Waals surface area (Å²) in [6.45, 7) is 2.58. The van der Waals surface area contributed by atoms with Crippen LogP contribution in [0.3, 0.4) is 0 Å². The van der Waals surface area contributed by atoms with E-state index in [4.69, 9.17) is 5.73 Å². The molecule has 0 aromatic carbocycles. The van der Waals surface area contributed by atoms with Crippen LogP contribution in [0.2, 0.25) is 0 Å². The van der Waals surface area contributed by atoms with E-state index < -0.39 is 0 Å². The van der Waals surface area contributed by atoms with Crippen LogP contribution >= 0.6 is 0 Å². The minimum absolute atomic E-state index is 0.425. The summed E-state index contributed by atoms with van der Waals surface area (Å²) in [5.74, 6) is 1.28. The Morgan fingerprint density at radius 2 is 2.50 bits per heavy atom. The summed E-state index contributed by atoms with van der Waals surface area (Å²) in [6.07, 6.45) is 4.25. The third kappa shape index (κ3) is 2.08. The summed E-state index contributed by atoms with van der Waals surface area (Å²) < 4.78 is 0. The summed E-state index contributed by atoms with van der Waals surface area (Å²) >= 11 is 0. The number of rotatable bonds is 2. The average Bonchev–Trinajstić information content (AvgIpc) is 2.30. The lowest BCUT2D eigenvalue weighted by Gasteiger charge is -2.22. The van der Waals surface area contributed by atoms with E-state index in [2.05, 4.69) is 15.3 Å². The zero-order valence-corrected chi connectivity index (χ0v) is 8.24. The van der Waals surface area contributed by atoms with Gasteiger partial charge in [0.15, 0.2) is 0 Å². The van der Waals surface area contributed by atoms with Gasteiger partial charge in [-0.15, -0.1) is 0 Å². The molecule has 1 aliphatic rings. The quantitative estimate of drug-likeness (QED) is 0.712. The van der Waals surface area contributed by atoms with E-state index in [1.54, 1.807) is 6.20 Å². The van der Waals surface area contributed by atoms with E-state index in [1.165, 1.54) is 12.8 Å². The first-order valence-electron chi connectivity index (χ1n) is 5.13. The van der Waals surface area contributed by atoms with Crippen molar-refractivity contribution in [3.05, 3.63) is 23.8 Å². The number of nitrogens with zero attached hydrogens (tertiary/aromatic N) is 2. The maximum atomic E-state index is 5.51. The molecule has 2 rings (SSSR count). The summed E-state index contributed by atoms with van der Waals surface area (Å²) in [5, 5.41) is 3.38. The Labute approximate surface area is 83.9 Å². The Balaban J connectivity index is 2.13. The first-order valence-corrected chi connectivity index (χ1v) is 5.13. The van der Waals surface area contributed by atoms with Gasteiger partial charge in [-0.1, -0.05) is 0 Å². The lowest BCUT2D eigenvalue weighted by atomic mass is 9.96. The molecule has 1 saturated heterocycles. The van der Waals surface area contributed by atoms with Crippen molar-refractivity contribution in [3.63, 3.8) is 0 Å². The smallest absolute Gasteiger partial charge is 0.142 e. The molecule has 1 aromatic heterocycles. The molecule has 0 saturated carbocycles. The van der Waals surface area contributed by atoms with Crippen molar-refractivity contribution in [2.45, 2.75) is 25.3 Å². The molecule has 0 aliphatic carbocycles. The number of aromatic nitrogens is 2. The van der Waals surface area contributed by atoms with Crippen LogP contribution in [0.4, 0.5) is 0 Å². The zero-order chi connectivity index (χ0) is 9.80. The lowest BCUT2D eigenvalue weighted by Crippen LogP contribution is -2.29. The molecule has 1 unspecified atom stereocenters. The molecule has 0 spiro atoms. The standard InChI is InChI=1S/C10H16N4/c11-6-10-13-5-3-9(14-10)8-2-1-4-12-7-8/h3,5,8,12H,1-2,4,6-7,11H2. The Kier molecular flexibility index (Phi) is 3.06. The van der Waals surface area contributed by atoms with E-state index in [0.717, 1.165) is 24.6 Å². The molecule has 76 valence electrons. The molecular weight excluding hydrogens is 176 g/mol. The van der Waals surface area contributed by atoms with Gasteiger partial charge in [-0.3, -0.25) is 0 Å². The predicted molar refractivity (Wildman–Crippen MR) is 54.8 cm³/mol. The Hall–Kier alpha value is -1.00. The van der Waals surface area contributed by atoms with Crippen molar-refractivity contribution >= 4 is 0 Å². The third-order valence-corrected chi connectivity index (χ3v) is 2.62. The topological polar surface area (TPSA) is 63.8 Å². The molecule has 1 fully saturated rings. The summed E-state index contributed by atoms with van der Waals surface area (Å²) in [4.78, 5) is 8.53. The summed E-state index contributed by atoms with van der Waals surface area (Å²) in [6, 6.07) is 2.00. The second kappa shape index (κ2) is 4.48. The monoisotopic (exact) mass is 192 g/mol. The molecule has 1 aliphatic heterocycles. The summed E-state index contributed by atoms with van der Waals surface area (Å²) in [5.41, 5.74) is 6.64. The largest absolute Gasteiger partial charge is 0.324 e. The molecule has 2 heterocycles. The molecular formula is C10H16N4. The fourth-order valence-corrected chi connectivity index (χ4v) is 1.84. The van der Waals surface area contributed by atoms with Crippen LogP contribution in [0.5, 0.6) is 0 Å². The van der Waals surface area contributed by atoms with E-state index >= 15 is 0 Å². The maximum Gasteiger partial charge on any atom is 0.142 e. The fourth-order valence-electron chi connectivity index (χ4n) is 1.84. The van der Waals surface area contributed by atoms with E-state index in [9.17, 15) is 0 Å². The first-order chi connectivity index (χ1) is 6.90. The van der Waals surface area contributed by atoms with Crippen molar-refractivity contribution in [1.82, 2.24) is 15.3 Å². The van der Waals surface area contributed by atoms with Crippen LogP contribution in [0.1, 0.15) is 30.3 Å². The SMILES string of the molecule is NCc1nccc(C2CCCNC2)n1. The van der Waals surface area contributed by atoms with Crippen molar-refractivity contribution in [2.75, 3.05) is 13.1 Å². The van der Waals surface area contributed by atoms with Gasteiger partial charge in [0.1, 0.15) is 5.82 Å². The molecule has 1 aromatic rings. The normalized spacial score (nSPS) is 22.2. The van der Waals surface area contributed by atoms with Gasteiger partial charge < -0.3 is 11.1 Å². The van der Waals surface area contributed by atoms with E-state index in [0.29, 0.717) is 12.5 Å². The van der Waals surface area contributed by atoms with Crippen molar-refractivity contribution in [2.24, 2.45) is 5.73 Å². The second-order valence-corrected chi connectivity index (χ2v) is 3.65. The number of nitrogens with one attached hydrogen (secondary N) is 1. The highest BCUT2D eigenvalue weighted by Gasteiger charge is 2.16. The second-order valence-electron chi connectivity index (χ2n) is 3.65. The number of nitrogens with two attached hydrogens (primary N) is 1. The van der Waals surface area contributed by atoms with Gasteiger partial charge in [0.2, 0.25) is 0 Å². The minimum Gasteiger partial charge on any atom is -0.324 e. The molecule has 1 atom stereocenters. The first kappa shape index (κ1) is 9.55. The van der Waals surface area contributed by atoms with Gasteiger partial charge in [-0.25, -0.2) is 9.97 Å².